The molecule has 0 heterocycles. The SMILES string of the molecule is CCO[Si](CCCN(C)c1ccc(C(c2ccc(N(CC)CC)cc2)c2ccc(N(CC)CC)cc2)c2ccccc12)(OCC)OCC. The molecule has 0 radical (unpaired) electrons. The predicted molar refractivity (Wildman–Crippen MR) is 208 cm³/mol. The van der Waals surface area contributed by atoms with Crippen molar-refractivity contribution in [2.24, 2.45) is 0 Å². The molecule has 0 aliphatic heterocycles. The second-order valence-corrected chi connectivity index (χ2v) is 14.9. The van der Waals surface area contributed by atoms with E-state index in [2.05, 4.69) is 134 Å². The minimum absolute atomic E-state index is 0.0981. The van der Waals surface area contributed by atoms with Crippen molar-refractivity contribution in [2.45, 2.75) is 66.8 Å². The van der Waals surface area contributed by atoms with Gasteiger partial charge in [-0.05, 0) is 107 Å². The van der Waals surface area contributed by atoms with Gasteiger partial charge in [0.1, 0.15) is 0 Å². The molecule has 4 rings (SSSR count). The van der Waals surface area contributed by atoms with Gasteiger partial charge < -0.3 is 28.0 Å². The summed E-state index contributed by atoms with van der Waals surface area (Å²) in [7, 11) is -0.485. The van der Waals surface area contributed by atoms with E-state index in [1.54, 1.807) is 0 Å². The van der Waals surface area contributed by atoms with Crippen LogP contribution in [0.2, 0.25) is 6.04 Å². The van der Waals surface area contributed by atoms with Crippen LogP contribution in [0, 0.1) is 0 Å². The molecule has 0 unspecified atom stereocenters. The molecular formula is C41H59N3O3Si. The molecular weight excluding hydrogens is 611 g/mol. The van der Waals surface area contributed by atoms with Gasteiger partial charge in [0.2, 0.25) is 0 Å². The zero-order valence-corrected chi connectivity index (χ0v) is 31.8. The fourth-order valence-electron chi connectivity index (χ4n) is 7.03. The zero-order chi connectivity index (χ0) is 34.5. The molecule has 0 spiro atoms. The normalized spacial score (nSPS) is 11.8. The summed E-state index contributed by atoms with van der Waals surface area (Å²) in [6.45, 7) is 21.6. The highest BCUT2D eigenvalue weighted by Gasteiger charge is 2.39. The summed E-state index contributed by atoms with van der Waals surface area (Å²) in [5.74, 6) is 0.0981. The van der Waals surface area contributed by atoms with Crippen molar-refractivity contribution >= 4 is 36.6 Å². The van der Waals surface area contributed by atoms with Crippen molar-refractivity contribution in [2.75, 3.05) is 74.3 Å². The molecule has 0 fully saturated rings. The average molecular weight is 670 g/mol. The van der Waals surface area contributed by atoms with Crippen LogP contribution in [0.3, 0.4) is 0 Å². The molecule has 0 atom stereocenters. The molecule has 0 N–H and O–H groups in total. The molecule has 0 bridgehead atoms. The third kappa shape index (κ3) is 8.80. The van der Waals surface area contributed by atoms with Crippen molar-refractivity contribution in [3.63, 3.8) is 0 Å². The number of hydrogen-bond acceptors (Lipinski definition) is 6. The Morgan fingerprint density at radius 2 is 1.02 bits per heavy atom. The molecule has 0 saturated carbocycles. The summed E-state index contributed by atoms with van der Waals surface area (Å²) in [6, 6.07) is 32.9. The van der Waals surface area contributed by atoms with Crippen LogP contribution in [0.4, 0.5) is 17.1 Å². The van der Waals surface area contributed by atoms with Crippen LogP contribution in [0.5, 0.6) is 0 Å². The van der Waals surface area contributed by atoms with Gasteiger partial charge in [-0.3, -0.25) is 0 Å². The van der Waals surface area contributed by atoms with Crippen molar-refractivity contribution in [3.05, 3.63) is 102 Å². The Morgan fingerprint density at radius 1 is 0.562 bits per heavy atom. The van der Waals surface area contributed by atoms with Crippen LogP contribution in [0.15, 0.2) is 84.9 Å². The maximum Gasteiger partial charge on any atom is 0.500 e. The van der Waals surface area contributed by atoms with E-state index < -0.39 is 8.80 Å². The predicted octanol–water partition coefficient (Wildman–Crippen LogP) is 9.59. The summed E-state index contributed by atoms with van der Waals surface area (Å²) in [6.07, 6.45) is 0.930. The molecule has 6 nitrogen and oxygen atoms in total. The Kier molecular flexibility index (Phi) is 14.4. The van der Waals surface area contributed by atoms with Crippen LogP contribution in [0.1, 0.15) is 77.5 Å². The van der Waals surface area contributed by atoms with Crippen LogP contribution in [0.25, 0.3) is 10.8 Å². The standard InChI is InChI=1S/C41H59N3O3Si/c1-9-43(10-2)35-25-21-33(22-26-35)41(34-23-27-36(28-24-34)44(11-3)12-4)39-29-30-40(38-20-17-16-19-37(38)39)42(8)31-18-32-48(45-13-5,46-14-6)47-15-7/h16-17,19-30,41H,9-15,18,31-32H2,1-8H3. The molecule has 0 saturated heterocycles. The van der Waals surface area contributed by atoms with Gasteiger partial charge in [0.15, 0.2) is 0 Å². The van der Waals surface area contributed by atoms with E-state index in [-0.39, 0.29) is 5.92 Å². The van der Waals surface area contributed by atoms with E-state index in [1.165, 1.54) is 44.5 Å². The number of rotatable bonds is 20. The summed E-state index contributed by atoms with van der Waals surface area (Å²) in [4.78, 5) is 7.19. The number of benzene rings is 4. The Bertz CT molecular complexity index is 1450. The van der Waals surface area contributed by atoms with Gasteiger partial charge in [-0.25, -0.2) is 0 Å². The van der Waals surface area contributed by atoms with Gasteiger partial charge in [-0.2, -0.15) is 0 Å². The summed E-state index contributed by atoms with van der Waals surface area (Å²) < 4.78 is 18.4. The van der Waals surface area contributed by atoms with Gasteiger partial charge in [-0.1, -0.05) is 54.6 Å². The average Bonchev–Trinajstić information content (AvgIpc) is 3.11. The second kappa shape index (κ2) is 18.4. The van der Waals surface area contributed by atoms with E-state index in [1.807, 2.05) is 20.8 Å². The molecule has 7 heteroatoms. The van der Waals surface area contributed by atoms with Crippen LogP contribution in [-0.2, 0) is 13.3 Å². The second-order valence-electron chi connectivity index (χ2n) is 12.2. The van der Waals surface area contributed by atoms with Gasteiger partial charge in [-0.15, -0.1) is 0 Å². The molecule has 48 heavy (non-hydrogen) atoms. The highest BCUT2D eigenvalue weighted by Crippen LogP contribution is 2.40. The fourth-order valence-corrected chi connectivity index (χ4v) is 9.62. The molecule has 4 aromatic rings. The van der Waals surface area contributed by atoms with Crippen molar-refractivity contribution in [1.82, 2.24) is 0 Å². The van der Waals surface area contributed by atoms with Crippen LogP contribution in [-0.4, -0.2) is 68.4 Å². The Morgan fingerprint density at radius 3 is 1.46 bits per heavy atom. The first-order valence-electron chi connectivity index (χ1n) is 18.2. The number of hydrogen-bond donors (Lipinski definition) is 0. The first-order chi connectivity index (χ1) is 23.4. The molecule has 0 aromatic heterocycles. The summed E-state index contributed by atoms with van der Waals surface area (Å²) in [5.41, 5.74) is 7.70. The Hall–Kier alpha value is -3.36. The molecule has 0 aliphatic rings. The Balaban J connectivity index is 1.73. The van der Waals surface area contributed by atoms with E-state index >= 15 is 0 Å². The third-order valence-electron chi connectivity index (χ3n) is 9.44. The fraction of sp³-hybridized carbons (Fsp3) is 0.463. The lowest BCUT2D eigenvalue weighted by atomic mass is 9.82. The van der Waals surface area contributed by atoms with Crippen molar-refractivity contribution < 1.29 is 13.3 Å². The minimum Gasteiger partial charge on any atom is -0.374 e. The van der Waals surface area contributed by atoms with Gasteiger partial charge in [0.25, 0.3) is 0 Å². The van der Waals surface area contributed by atoms with Gasteiger partial charge >= 0.3 is 8.80 Å². The van der Waals surface area contributed by atoms with E-state index in [9.17, 15) is 0 Å². The van der Waals surface area contributed by atoms with Crippen molar-refractivity contribution in [3.8, 4) is 0 Å². The summed E-state index contributed by atoms with van der Waals surface area (Å²) >= 11 is 0. The highest BCUT2D eigenvalue weighted by molar-refractivity contribution is 6.60. The smallest absolute Gasteiger partial charge is 0.374 e. The topological polar surface area (TPSA) is 37.4 Å². The lowest BCUT2D eigenvalue weighted by molar-refractivity contribution is 0.0710. The van der Waals surface area contributed by atoms with E-state index in [0.29, 0.717) is 19.8 Å². The Labute approximate surface area is 292 Å². The first-order valence-corrected chi connectivity index (χ1v) is 20.2. The lowest BCUT2D eigenvalue weighted by Gasteiger charge is -2.30. The maximum atomic E-state index is 6.13. The molecule has 0 aliphatic carbocycles. The van der Waals surface area contributed by atoms with E-state index in [0.717, 1.165) is 45.2 Å². The van der Waals surface area contributed by atoms with E-state index in [4.69, 9.17) is 13.3 Å². The van der Waals surface area contributed by atoms with Gasteiger partial charge in [0.05, 0.1) is 0 Å². The minimum atomic E-state index is -2.68. The number of fused-ring (bicyclic) bond motifs is 1. The number of anilines is 3. The lowest BCUT2D eigenvalue weighted by Crippen LogP contribution is -2.46. The number of nitrogens with zero attached hydrogens (tertiary/aromatic N) is 3. The zero-order valence-electron chi connectivity index (χ0n) is 30.8. The van der Waals surface area contributed by atoms with Crippen LogP contribution < -0.4 is 14.7 Å². The largest absolute Gasteiger partial charge is 0.500 e. The first kappa shape index (κ1) is 37.5. The third-order valence-corrected chi connectivity index (χ3v) is 12.6. The van der Waals surface area contributed by atoms with Crippen molar-refractivity contribution in [1.29, 1.82) is 0 Å². The molecule has 260 valence electrons. The highest BCUT2D eigenvalue weighted by atomic mass is 28.4. The summed E-state index contributed by atoms with van der Waals surface area (Å²) in [5, 5.41) is 2.55. The van der Waals surface area contributed by atoms with Gasteiger partial charge in [0, 0.05) is 94.0 Å². The monoisotopic (exact) mass is 669 g/mol. The van der Waals surface area contributed by atoms with Crippen LogP contribution >= 0.6 is 0 Å². The quantitative estimate of drug-likeness (QED) is 0.0689. The molecule has 0 amide bonds. The molecule has 4 aromatic carbocycles. The maximum absolute atomic E-state index is 6.13.